The third-order valence-electron chi connectivity index (χ3n) is 1.23. The number of allylic oxidation sites excluding steroid dienone is 1. The zero-order chi connectivity index (χ0) is 10.3. The number of halogens is 2. The summed E-state index contributed by atoms with van der Waals surface area (Å²) >= 11 is 5.56. The van der Waals surface area contributed by atoms with E-state index in [1.807, 2.05) is 13.8 Å². The lowest BCUT2D eigenvalue weighted by Gasteiger charge is -1.94. The fraction of sp³-hybridized carbons (Fsp3) is 0.300. The maximum atomic E-state index is 12.8. The van der Waals surface area contributed by atoms with Crippen molar-refractivity contribution >= 4 is 17.4 Å². The third kappa shape index (κ3) is 4.04. The van der Waals surface area contributed by atoms with Crippen LogP contribution >= 0.6 is 11.6 Å². The Bertz CT molecular complexity index is 267. The predicted molar refractivity (Wildman–Crippen MR) is 55.4 cm³/mol. The molecule has 72 valence electrons. The van der Waals surface area contributed by atoms with Gasteiger partial charge in [0, 0.05) is 6.20 Å². The van der Waals surface area contributed by atoms with Gasteiger partial charge in [-0.05, 0) is 25.1 Å². The molecule has 0 N–H and O–H groups in total. The maximum Gasteiger partial charge on any atom is 0.144 e. The monoisotopic (exact) mass is 201 g/mol. The van der Waals surface area contributed by atoms with Crippen molar-refractivity contribution in [3.8, 4) is 0 Å². The van der Waals surface area contributed by atoms with Crippen molar-refractivity contribution < 1.29 is 4.39 Å². The number of hydrogen-bond donors (Lipinski definition) is 0. The summed E-state index contributed by atoms with van der Waals surface area (Å²) in [6, 6.07) is 3.14. The molecule has 0 radical (unpaired) electrons. The molecule has 13 heavy (non-hydrogen) atoms. The molecule has 0 atom stereocenters. The van der Waals surface area contributed by atoms with Gasteiger partial charge in [0.1, 0.15) is 5.83 Å². The molecule has 0 saturated heterocycles. The van der Waals surface area contributed by atoms with Gasteiger partial charge in [-0.1, -0.05) is 25.4 Å². The topological polar surface area (TPSA) is 12.9 Å². The Balaban J connectivity index is 0.000000671. The average Bonchev–Trinajstić information content (AvgIpc) is 2.21. The minimum absolute atomic E-state index is 0.317. The second-order valence-electron chi connectivity index (χ2n) is 2.00. The first kappa shape index (κ1) is 12.1. The van der Waals surface area contributed by atoms with Crippen LogP contribution in [0.2, 0.25) is 5.02 Å². The van der Waals surface area contributed by atoms with Gasteiger partial charge >= 0.3 is 0 Å². The molecule has 1 rings (SSSR count). The third-order valence-corrected chi connectivity index (χ3v) is 1.45. The quantitative estimate of drug-likeness (QED) is 0.667. The Morgan fingerprint density at radius 2 is 2.08 bits per heavy atom. The minimum atomic E-state index is -0.332. The van der Waals surface area contributed by atoms with Gasteiger partial charge in [0.15, 0.2) is 0 Å². The second kappa shape index (κ2) is 6.61. The summed E-state index contributed by atoms with van der Waals surface area (Å²) in [6.07, 6.45) is 2.77. The van der Waals surface area contributed by atoms with E-state index in [1.165, 1.54) is 18.3 Å². The van der Waals surface area contributed by atoms with Crippen LogP contribution in [0.1, 0.15) is 26.5 Å². The summed E-state index contributed by atoms with van der Waals surface area (Å²) < 4.78 is 12.8. The van der Waals surface area contributed by atoms with Gasteiger partial charge in [0.05, 0.1) is 10.7 Å². The molecule has 0 fully saturated rings. The van der Waals surface area contributed by atoms with Crippen molar-refractivity contribution in [3.05, 3.63) is 35.1 Å². The summed E-state index contributed by atoms with van der Waals surface area (Å²) in [5, 5.41) is 0.512. The van der Waals surface area contributed by atoms with Crippen LogP contribution in [0.15, 0.2) is 24.4 Å². The van der Waals surface area contributed by atoms with Crippen LogP contribution in [-0.4, -0.2) is 4.98 Å². The summed E-state index contributed by atoms with van der Waals surface area (Å²) in [7, 11) is 0. The zero-order valence-corrected chi connectivity index (χ0v) is 8.77. The lowest BCUT2D eigenvalue weighted by atomic mass is 10.3. The fourth-order valence-electron chi connectivity index (χ4n) is 0.665. The minimum Gasteiger partial charge on any atom is -0.252 e. The number of pyridine rings is 1. The number of nitrogens with zero attached hydrogens (tertiary/aromatic N) is 1. The maximum absolute atomic E-state index is 12.8. The molecular weight excluding hydrogens is 189 g/mol. The summed E-state index contributed by atoms with van der Waals surface area (Å²) in [4.78, 5) is 3.77. The molecule has 0 unspecified atom stereocenters. The normalized spacial score (nSPS) is 10.4. The standard InChI is InChI=1S/C8H7ClFN.C2H6/c1-2-7(10)8-4-3-6(9)5-11-8;1-2/h2-5H,1H3;1-2H3/b7-2-;. The molecule has 0 spiro atoms. The van der Waals surface area contributed by atoms with Crippen LogP contribution in [0.25, 0.3) is 5.83 Å². The van der Waals surface area contributed by atoms with Crippen molar-refractivity contribution in [2.75, 3.05) is 0 Å². The number of hydrogen-bond acceptors (Lipinski definition) is 1. The molecule has 1 heterocycles. The lowest BCUT2D eigenvalue weighted by Crippen LogP contribution is -1.82. The van der Waals surface area contributed by atoms with Gasteiger partial charge in [0.2, 0.25) is 0 Å². The summed E-state index contributed by atoms with van der Waals surface area (Å²) in [5.41, 5.74) is 0.317. The highest BCUT2D eigenvalue weighted by molar-refractivity contribution is 6.30. The average molecular weight is 202 g/mol. The molecule has 0 saturated carbocycles. The van der Waals surface area contributed by atoms with Gasteiger partial charge in [-0.15, -0.1) is 0 Å². The van der Waals surface area contributed by atoms with E-state index >= 15 is 0 Å². The molecule has 1 nitrogen and oxygen atoms in total. The number of aromatic nitrogens is 1. The first-order valence-corrected chi connectivity index (χ1v) is 4.55. The van der Waals surface area contributed by atoms with Crippen LogP contribution in [0.5, 0.6) is 0 Å². The Kier molecular flexibility index (Phi) is 6.15. The van der Waals surface area contributed by atoms with Crippen molar-refractivity contribution in [2.45, 2.75) is 20.8 Å². The fourth-order valence-corrected chi connectivity index (χ4v) is 0.777. The first-order chi connectivity index (χ1) is 6.24. The Morgan fingerprint density at radius 3 is 2.46 bits per heavy atom. The highest BCUT2D eigenvalue weighted by Gasteiger charge is 1.98. The van der Waals surface area contributed by atoms with Crippen LogP contribution in [0, 0.1) is 0 Å². The predicted octanol–water partition coefficient (Wildman–Crippen LogP) is 4.09. The van der Waals surface area contributed by atoms with Gasteiger partial charge in [-0.3, -0.25) is 4.98 Å². The van der Waals surface area contributed by atoms with Crippen LogP contribution < -0.4 is 0 Å². The van der Waals surface area contributed by atoms with E-state index in [0.717, 1.165) is 0 Å². The van der Waals surface area contributed by atoms with Crippen molar-refractivity contribution in [3.63, 3.8) is 0 Å². The van der Waals surface area contributed by atoms with Gasteiger partial charge < -0.3 is 0 Å². The van der Waals surface area contributed by atoms with Crippen LogP contribution in [0.3, 0.4) is 0 Å². The molecule has 0 aliphatic rings. The molecule has 1 aromatic rings. The summed E-state index contributed by atoms with van der Waals surface area (Å²) in [6.45, 7) is 5.62. The molecule has 3 heteroatoms. The Morgan fingerprint density at radius 1 is 1.46 bits per heavy atom. The van der Waals surface area contributed by atoms with E-state index < -0.39 is 0 Å². The molecule has 1 aromatic heterocycles. The van der Waals surface area contributed by atoms with E-state index in [4.69, 9.17) is 11.6 Å². The second-order valence-corrected chi connectivity index (χ2v) is 2.43. The van der Waals surface area contributed by atoms with Crippen molar-refractivity contribution in [1.82, 2.24) is 4.98 Å². The molecule has 0 aromatic carbocycles. The van der Waals surface area contributed by atoms with E-state index in [9.17, 15) is 4.39 Å². The molecular formula is C10H13ClFN. The number of rotatable bonds is 1. The molecule has 0 aliphatic carbocycles. The SMILES string of the molecule is C/C=C(\F)c1ccc(Cl)cn1.CC. The van der Waals surface area contributed by atoms with Crippen molar-refractivity contribution in [1.29, 1.82) is 0 Å². The molecule has 0 amide bonds. The smallest absolute Gasteiger partial charge is 0.144 e. The zero-order valence-electron chi connectivity index (χ0n) is 8.01. The first-order valence-electron chi connectivity index (χ1n) is 4.18. The van der Waals surface area contributed by atoms with Crippen LogP contribution in [-0.2, 0) is 0 Å². The van der Waals surface area contributed by atoms with Gasteiger partial charge in [-0.2, -0.15) is 0 Å². The van der Waals surface area contributed by atoms with E-state index in [2.05, 4.69) is 4.98 Å². The molecule has 0 bridgehead atoms. The largest absolute Gasteiger partial charge is 0.252 e. The van der Waals surface area contributed by atoms with E-state index in [1.54, 1.807) is 13.0 Å². The Labute approximate surface area is 83.3 Å². The van der Waals surface area contributed by atoms with E-state index in [-0.39, 0.29) is 5.83 Å². The Hall–Kier alpha value is -0.890. The lowest BCUT2D eigenvalue weighted by molar-refractivity contribution is 0.751. The van der Waals surface area contributed by atoms with Gasteiger partial charge in [0.25, 0.3) is 0 Å². The van der Waals surface area contributed by atoms with E-state index in [0.29, 0.717) is 10.7 Å². The highest BCUT2D eigenvalue weighted by atomic mass is 35.5. The molecule has 0 aliphatic heterocycles. The van der Waals surface area contributed by atoms with Crippen molar-refractivity contribution in [2.24, 2.45) is 0 Å². The highest BCUT2D eigenvalue weighted by Crippen LogP contribution is 2.14. The van der Waals surface area contributed by atoms with Gasteiger partial charge in [-0.25, -0.2) is 4.39 Å². The van der Waals surface area contributed by atoms with Crippen LogP contribution in [0.4, 0.5) is 4.39 Å². The summed E-state index contributed by atoms with van der Waals surface area (Å²) in [5.74, 6) is -0.332.